The molecular formula is C14H13NO5. The van der Waals surface area contributed by atoms with Gasteiger partial charge in [0.15, 0.2) is 11.9 Å². The molecule has 6 heteroatoms. The SMILES string of the molecule is O=C(O)[C@@H]1CN(C(=O)c2cc3ccccc3o2)CCO1. The number of hydrogen-bond acceptors (Lipinski definition) is 4. The standard InChI is InChI=1S/C14H13NO5/c16-13(15-5-6-19-12(8-15)14(17)18)11-7-9-3-1-2-4-10(9)20-11/h1-4,7,12H,5-6,8H2,(H,17,18)/t12-/m0/s1. The molecule has 2 heterocycles. The third-order valence-electron chi connectivity index (χ3n) is 3.27. The molecule has 1 aliphatic rings. The summed E-state index contributed by atoms with van der Waals surface area (Å²) in [6.45, 7) is 0.605. The third kappa shape index (κ3) is 2.25. The second kappa shape index (κ2) is 4.97. The van der Waals surface area contributed by atoms with E-state index in [0.29, 0.717) is 12.1 Å². The van der Waals surface area contributed by atoms with Crippen molar-refractivity contribution in [1.82, 2.24) is 4.90 Å². The van der Waals surface area contributed by atoms with Gasteiger partial charge < -0.3 is 19.2 Å². The average Bonchev–Trinajstić information content (AvgIpc) is 2.90. The maximum absolute atomic E-state index is 12.3. The molecule has 1 aromatic carbocycles. The fourth-order valence-corrected chi connectivity index (χ4v) is 2.23. The monoisotopic (exact) mass is 275 g/mol. The molecule has 0 bridgehead atoms. The molecule has 1 aliphatic heterocycles. The number of aliphatic carboxylic acids is 1. The number of ether oxygens (including phenoxy) is 1. The van der Waals surface area contributed by atoms with Crippen molar-refractivity contribution in [3.63, 3.8) is 0 Å². The van der Waals surface area contributed by atoms with Gasteiger partial charge in [0, 0.05) is 11.9 Å². The zero-order valence-corrected chi connectivity index (χ0v) is 10.6. The highest BCUT2D eigenvalue weighted by Crippen LogP contribution is 2.20. The smallest absolute Gasteiger partial charge is 0.334 e. The van der Waals surface area contributed by atoms with Crippen molar-refractivity contribution in [1.29, 1.82) is 0 Å². The maximum atomic E-state index is 12.3. The van der Waals surface area contributed by atoms with E-state index >= 15 is 0 Å². The molecule has 0 unspecified atom stereocenters. The molecule has 20 heavy (non-hydrogen) atoms. The lowest BCUT2D eigenvalue weighted by Gasteiger charge is -2.30. The summed E-state index contributed by atoms with van der Waals surface area (Å²) in [7, 11) is 0. The topological polar surface area (TPSA) is 80.0 Å². The third-order valence-corrected chi connectivity index (χ3v) is 3.27. The number of morpholine rings is 1. The number of carbonyl (C=O) groups excluding carboxylic acids is 1. The Morgan fingerprint density at radius 3 is 2.85 bits per heavy atom. The average molecular weight is 275 g/mol. The van der Waals surface area contributed by atoms with E-state index in [0.717, 1.165) is 5.39 Å². The summed E-state index contributed by atoms with van der Waals surface area (Å²) in [5.74, 6) is -1.15. The first-order chi connectivity index (χ1) is 9.65. The van der Waals surface area contributed by atoms with Gasteiger partial charge in [-0.2, -0.15) is 0 Å². The van der Waals surface area contributed by atoms with Crippen LogP contribution in [-0.2, 0) is 9.53 Å². The highest BCUT2D eigenvalue weighted by Gasteiger charge is 2.30. The molecule has 1 aromatic heterocycles. The number of carbonyl (C=O) groups is 2. The Bertz CT molecular complexity index is 629. The molecule has 0 aliphatic carbocycles. The number of carboxylic acid groups (broad SMARTS) is 1. The Morgan fingerprint density at radius 1 is 1.30 bits per heavy atom. The molecule has 0 radical (unpaired) electrons. The molecule has 0 spiro atoms. The maximum Gasteiger partial charge on any atom is 0.334 e. The largest absolute Gasteiger partial charge is 0.479 e. The van der Waals surface area contributed by atoms with Gasteiger partial charge in [0.2, 0.25) is 0 Å². The normalized spacial score (nSPS) is 19.2. The van der Waals surface area contributed by atoms with Gasteiger partial charge in [-0.25, -0.2) is 4.79 Å². The van der Waals surface area contributed by atoms with Crippen LogP contribution in [0.1, 0.15) is 10.6 Å². The Balaban J connectivity index is 1.82. The second-order valence-electron chi connectivity index (χ2n) is 4.60. The van der Waals surface area contributed by atoms with E-state index in [-0.39, 0.29) is 24.8 Å². The van der Waals surface area contributed by atoms with Crippen molar-refractivity contribution >= 4 is 22.8 Å². The van der Waals surface area contributed by atoms with E-state index in [1.165, 1.54) is 4.90 Å². The molecule has 1 saturated heterocycles. The molecule has 104 valence electrons. The van der Waals surface area contributed by atoms with Crippen LogP contribution in [-0.4, -0.2) is 47.7 Å². The molecule has 2 aromatic rings. The highest BCUT2D eigenvalue weighted by molar-refractivity contribution is 5.96. The minimum absolute atomic E-state index is 0.0329. The summed E-state index contributed by atoms with van der Waals surface area (Å²) in [6.07, 6.45) is -0.975. The number of para-hydroxylation sites is 1. The molecule has 1 fully saturated rings. The van der Waals surface area contributed by atoms with Crippen LogP contribution in [0, 0.1) is 0 Å². The lowest BCUT2D eigenvalue weighted by atomic mass is 10.2. The van der Waals surface area contributed by atoms with Crippen LogP contribution >= 0.6 is 0 Å². The molecule has 6 nitrogen and oxygen atoms in total. The molecule has 1 N–H and O–H groups in total. The first-order valence-electron chi connectivity index (χ1n) is 6.27. The number of rotatable bonds is 2. The van der Waals surface area contributed by atoms with Crippen LogP contribution in [0.15, 0.2) is 34.7 Å². The summed E-state index contributed by atoms with van der Waals surface area (Å²) in [5.41, 5.74) is 0.638. The Hall–Kier alpha value is -2.34. The van der Waals surface area contributed by atoms with Gasteiger partial charge in [0.1, 0.15) is 5.58 Å². The highest BCUT2D eigenvalue weighted by atomic mass is 16.5. The van der Waals surface area contributed by atoms with E-state index in [9.17, 15) is 9.59 Å². The van der Waals surface area contributed by atoms with Crippen molar-refractivity contribution in [2.24, 2.45) is 0 Å². The summed E-state index contributed by atoms with van der Waals surface area (Å²) >= 11 is 0. The molecule has 1 atom stereocenters. The van der Waals surface area contributed by atoms with Gasteiger partial charge >= 0.3 is 5.97 Å². The van der Waals surface area contributed by atoms with Gasteiger partial charge in [-0.3, -0.25) is 4.79 Å². The fourth-order valence-electron chi connectivity index (χ4n) is 2.23. The minimum atomic E-state index is -1.06. The number of hydrogen-bond donors (Lipinski definition) is 1. The van der Waals surface area contributed by atoms with Crippen LogP contribution < -0.4 is 0 Å². The molecule has 1 amide bonds. The summed E-state index contributed by atoms with van der Waals surface area (Å²) in [5, 5.41) is 9.78. The summed E-state index contributed by atoms with van der Waals surface area (Å²) in [4.78, 5) is 24.7. The molecule has 0 saturated carbocycles. The summed E-state index contributed by atoms with van der Waals surface area (Å²) in [6, 6.07) is 9.00. The number of fused-ring (bicyclic) bond motifs is 1. The number of nitrogens with zero attached hydrogens (tertiary/aromatic N) is 1. The van der Waals surface area contributed by atoms with Crippen LogP contribution in [0.2, 0.25) is 0 Å². The lowest BCUT2D eigenvalue weighted by molar-refractivity contribution is -0.154. The van der Waals surface area contributed by atoms with E-state index in [1.54, 1.807) is 12.1 Å². The second-order valence-corrected chi connectivity index (χ2v) is 4.60. The van der Waals surface area contributed by atoms with Crippen molar-refractivity contribution in [3.05, 3.63) is 36.1 Å². The molecule has 3 rings (SSSR count). The number of amides is 1. The Labute approximate surface area is 114 Å². The first kappa shape index (κ1) is 12.7. The van der Waals surface area contributed by atoms with Crippen LogP contribution in [0.25, 0.3) is 11.0 Å². The van der Waals surface area contributed by atoms with Crippen LogP contribution in [0.4, 0.5) is 0 Å². The van der Waals surface area contributed by atoms with Gasteiger partial charge in [0.25, 0.3) is 5.91 Å². The zero-order valence-electron chi connectivity index (χ0n) is 10.6. The van der Waals surface area contributed by atoms with E-state index in [2.05, 4.69) is 0 Å². The van der Waals surface area contributed by atoms with Crippen molar-refractivity contribution < 1.29 is 23.8 Å². The quantitative estimate of drug-likeness (QED) is 0.895. The Kier molecular flexibility index (Phi) is 3.15. The van der Waals surface area contributed by atoms with E-state index in [1.807, 2.05) is 18.2 Å². The summed E-state index contributed by atoms with van der Waals surface area (Å²) < 4.78 is 10.6. The van der Waals surface area contributed by atoms with Crippen molar-refractivity contribution in [2.75, 3.05) is 19.7 Å². The molecular weight excluding hydrogens is 262 g/mol. The van der Waals surface area contributed by atoms with Crippen LogP contribution in [0.3, 0.4) is 0 Å². The van der Waals surface area contributed by atoms with Gasteiger partial charge in [-0.05, 0) is 12.1 Å². The van der Waals surface area contributed by atoms with E-state index < -0.39 is 12.1 Å². The number of carboxylic acids is 1. The van der Waals surface area contributed by atoms with Gasteiger partial charge in [-0.1, -0.05) is 18.2 Å². The van der Waals surface area contributed by atoms with Gasteiger partial charge in [0.05, 0.1) is 13.2 Å². The number of furan rings is 1. The van der Waals surface area contributed by atoms with Gasteiger partial charge in [-0.15, -0.1) is 0 Å². The Morgan fingerprint density at radius 2 is 2.10 bits per heavy atom. The van der Waals surface area contributed by atoms with Crippen molar-refractivity contribution in [3.8, 4) is 0 Å². The minimum Gasteiger partial charge on any atom is -0.479 e. The van der Waals surface area contributed by atoms with Crippen molar-refractivity contribution in [2.45, 2.75) is 6.10 Å². The van der Waals surface area contributed by atoms with Crippen LogP contribution in [0.5, 0.6) is 0 Å². The predicted octanol–water partition coefficient (Wildman–Crippen LogP) is 1.36. The lowest BCUT2D eigenvalue weighted by Crippen LogP contribution is -2.48. The fraction of sp³-hybridized carbons (Fsp3) is 0.286. The number of benzene rings is 1. The first-order valence-corrected chi connectivity index (χ1v) is 6.27. The van der Waals surface area contributed by atoms with E-state index in [4.69, 9.17) is 14.3 Å². The zero-order chi connectivity index (χ0) is 14.1. The predicted molar refractivity (Wildman–Crippen MR) is 69.5 cm³/mol.